The van der Waals surface area contributed by atoms with Crippen LogP contribution in [0.25, 0.3) is 0 Å². The van der Waals surface area contributed by atoms with Gasteiger partial charge in [0.05, 0.1) is 10.5 Å². The Bertz CT molecular complexity index is 1100. The normalized spacial score (nSPS) is 11.6. The van der Waals surface area contributed by atoms with Crippen molar-refractivity contribution in [3.05, 3.63) is 88.7 Å². The van der Waals surface area contributed by atoms with E-state index in [9.17, 15) is 18.2 Å². The Kier molecular flexibility index (Phi) is 6.94. The Morgan fingerprint density at radius 1 is 1.03 bits per heavy atom. The second kappa shape index (κ2) is 9.62. The maximum Gasteiger partial charge on any atom is 0.262 e. The summed E-state index contributed by atoms with van der Waals surface area (Å²) in [5, 5.41) is 8.34. The molecule has 0 fully saturated rings. The second-order valence-electron chi connectivity index (χ2n) is 6.14. The Hall–Kier alpha value is -3.07. The van der Waals surface area contributed by atoms with E-state index in [1.54, 1.807) is 24.3 Å². The van der Waals surface area contributed by atoms with Crippen LogP contribution in [0, 0.1) is 5.82 Å². The van der Waals surface area contributed by atoms with Gasteiger partial charge in [-0.15, -0.1) is 0 Å². The quantitative estimate of drug-likeness (QED) is 0.540. The molecule has 1 atom stereocenters. The van der Waals surface area contributed by atoms with E-state index >= 15 is 0 Å². The molecule has 0 saturated heterocycles. The molecule has 0 aliphatic carbocycles. The first kappa shape index (κ1) is 21.6. The van der Waals surface area contributed by atoms with Crippen molar-refractivity contribution in [2.24, 2.45) is 5.14 Å². The van der Waals surface area contributed by atoms with E-state index in [0.29, 0.717) is 21.2 Å². The number of hydrogen-bond donors (Lipinski definition) is 2. The van der Waals surface area contributed by atoms with Gasteiger partial charge in [0.1, 0.15) is 22.6 Å². The molecule has 3 aromatic rings. The molecule has 0 saturated carbocycles. The number of amides is 1. The molecule has 0 radical (unpaired) electrons. The Labute approximate surface area is 179 Å². The lowest BCUT2D eigenvalue weighted by atomic mass is 10.0. The number of carbonyl (C=O) groups is 2. The number of anilines is 1. The lowest BCUT2D eigenvalue weighted by Gasteiger charge is -2.12. The van der Waals surface area contributed by atoms with Crippen molar-refractivity contribution in [2.45, 2.75) is 4.90 Å². The molecule has 1 amide bonds. The number of ether oxygens (including phenoxy) is 1. The van der Waals surface area contributed by atoms with Gasteiger partial charge in [-0.05, 0) is 66.7 Å². The average molecular weight is 447 g/mol. The number of halogens is 2. The summed E-state index contributed by atoms with van der Waals surface area (Å²) in [6.45, 7) is -0.406. The molecule has 30 heavy (non-hydrogen) atoms. The summed E-state index contributed by atoms with van der Waals surface area (Å²) in [6, 6.07) is 15.8. The number of benzene rings is 3. The Morgan fingerprint density at radius 2 is 1.70 bits per heavy atom. The van der Waals surface area contributed by atoms with Gasteiger partial charge in [-0.2, -0.15) is 0 Å². The minimum atomic E-state index is -1.61. The van der Waals surface area contributed by atoms with Gasteiger partial charge in [-0.1, -0.05) is 11.6 Å². The SMILES string of the molecule is NS(=O)c1ccc(NC(=O)COc2ccc(F)cc2C(=O)c2ccc(Cl)cc2)cc1. The third kappa shape index (κ3) is 5.50. The van der Waals surface area contributed by atoms with Crippen molar-refractivity contribution in [3.63, 3.8) is 0 Å². The van der Waals surface area contributed by atoms with Gasteiger partial charge in [-0.25, -0.2) is 13.7 Å². The average Bonchev–Trinajstić information content (AvgIpc) is 2.73. The number of nitrogens with two attached hydrogens (primary N) is 1. The second-order valence-corrected chi connectivity index (χ2v) is 7.64. The van der Waals surface area contributed by atoms with E-state index in [4.69, 9.17) is 21.5 Å². The fraction of sp³-hybridized carbons (Fsp3) is 0.0476. The fourth-order valence-electron chi connectivity index (χ4n) is 2.58. The fourth-order valence-corrected chi connectivity index (χ4v) is 3.11. The third-order valence-corrected chi connectivity index (χ3v) is 5.01. The lowest BCUT2D eigenvalue weighted by Crippen LogP contribution is -2.21. The van der Waals surface area contributed by atoms with Crippen molar-refractivity contribution in [1.82, 2.24) is 0 Å². The first-order valence-electron chi connectivity index (χ1n) is 8.62. The minimum absolute atomic E-state index is 0.0140. The van der Waals surface area contributed by atoms with Crippen LogP contribution in [0.1, 0.15) is 15.9 Å². The number of ketones is 1. The predicted octanol–water partition coefficient (Wildman–Crippen LogP) is 3.71. The molecule has 0 aromatic heterocycles. The van der Waals surface area contributed by atoms with E-state index < -0.39 is 35.1 Å². The van der Waals surface area contributed by atoms with Crippen LogP contribution in [-0.2, 0) is 15.8 Å². The van der Waals surface area contributed by atoms with Crippen LogP contribution in [0.3, 0.4) is 0 Å². The van der Waals surface area contributed by atoms with Gasteiger partial charge >= 0.3 is 0 Å². The van der Waals surface area contributed by atoms with Crippen molar-refractivity contribution in [1.29, 1.82) is 0 Å². The van der Waals surface area contributed by atoms with Crippen LogP contribution in [0.15, 0.2) is 71.6 Å². The molecule has 6 nitrogen and oxygen atoms in total. The highest BCUT2D eigenvalue weighted by atomic mass is 35.5. The summed E-state index contributed by atoms with van der Waals surface area (Å²) in [4.78, 5) is 25.3. The van der Waals surface area contributed by atoms with Crippen LogP contribution in [0.4, 0.5) is 10.1 Å². The van der Waals surface area contributed by atoms with Gasteiger partial charge in [0.2, 0.25) is 0 Å². The number of carbonyl (C=O) groups excluding carboxylic acids is 2. The summed E-state index contributed by atoms with van der Waals surface area (Å²) in [7, 11) is -1.61. The van der Waals surface area contributed by atoms with Crippen molar-refractivity contribution >= 4 is 40.0 Å². The summed E-state index contributed by atoms with van der Waals surface area (Å²) >= 11 is 5.83. The number of rotatable bonds is 7. The summed E-state index contributed by atoms with van der Waals surface area (Å²) in [5.74, 6) is -1.50. The highest BCUT2D eigenvalue weighted by Gasteiger charge is 2.17. The van der Waals surface area contributed by atoms with Crippen LogP contribution in [0.5, 0.6) is 5.75 Å². The zero-order valence-electron chi connectivity index (χ0n) is 15.4. The monoisotopic (exact) mass is 446 g/mol. The van der Waals surface area contributed by atoms with Crippen molar-refractivity contribution in [3.8, 4) is 5.75 Å². The Balaban J connectivity index is 1.70. The molecule has 9 heteroatoms. The van der Waals surface area contributed by atoms with Gasteiger partial charge in [0, 0.05) is 16.3 Å². The van der Waals surface area contributed by atoms with E-state index in [1.807, 2.05) is 0 Å². The van der Waals surface area contributed by atoms with Crippen LogP contribution in [-0.4, -0.2) is 22.5 Å². The van der Waals surface area contributed by atoms with Gasteiger partial charge in [0.15, 0.2) is 12.4 Å². The lowest BCUT2D eigenvalue weighted by molar-refractivity contribution is -0.118. The molecule has 3 aromatic carbocycles. The molecule has 0 heterocycles. The highest BCUT2D eigenvalue weighted by molar-refractivity contribution is 7.82. The first-order chi connectivity index (χ1) is 14.3. The van der Waals surface area contributed by atoms with E-state index in [-0.39, 0.29) is 11.3 Å². The smallest absolute Gasteiger partial charge is 0.262 e. The molecule has 0 spiro atoms. The summed E-state index contributed by atoms with van der Waals surface area (Å²) in [6.07, 6.45) is 0. The van der Waals surface area contributed by atoms with Crippen LogP contribution in [0.2, 0.25) is 5.02 Å². The third-order valence-electron chi connectivity index (χ3n) is 4.02. The first-order valence-corrected chi connectivity index (χ1v) is 10.2. The summed E-state index contributed by atoms with van der Waals surface area (Å²) < 4.78 is 30.4. The van der Waals surface area contributed by atoms with Crippen LogP contribution < -0.4 is 15.2 Å². The van der Waals surface area contributed by atoms with E-state index in [2.05, 4.69) is 5.32 Å². The van der Waals surface area contributed by atoms with Gasteiger partial charge < -0.3 is 10.1 Å². The van der Waals surface area contributed by atoms with Gasteiger partial charge in [0.25, 0.3) is 5.91 Å². The van der Waals surface area contributed by atoms with Crippen LogP contribution >= 0.6 is 11.6 Å². The summed E-state index contributed by atoms with van der Waals surface area (Å²) in [5.41, 5.74) is 0.742. The van der Waals surface area contributed by atoms with Crippen molar-refractivity contribution in [2.75, 3.05) is 11.9 Å². The largest absolute Gasteiger partial charge is 0.483 e. The molecule has 0 aliphatic rings. The topological polar surface area (TPSA) is 98.5 Å². The molecule has 0 aliphatic heterocycles. The van der Waals surface area contributed by atoms with E-state index in [1.165, 1.54) is 30.3 Å². The standard InChI is InChI=1S/C21H16ClFN2O4S/c22-14-3-1-13(2-4-14)21(27)18-11-15(23)5-10-19(18)29-12-20(26)25-16-6-8-17(9-7-16)30(24)28/h1-11H,12,24H2,(H,25,26). The maximum absolute atomic E-state index is 13.7. The highest BCUT2D eigenvalue weighted by Crippen LogP contribution is 2.24. The maximum atomic E-state index is 13.7. The predicted molar refractivity (Wildman–Crippen MR) is 112 cm³/mol. The molecule has 3 rings (SSSR count). The van der Waals surface area contributed by atoms with Gasteiger partial charge in [-0.3, -0.25) is 9.59 Å². The molecule has 3 N–H and O–H groups in total. The molecular formula is C21H16ClFN2O4S. The number of nitrogens with one attached hydrogen (secondary N) is 1. The molecule has 154 valence electrons. The Morgan fingerprint density at radius 3 is 2.33 bits per heavy atom. The minimum Gasteiger partial charge on any atom is -0.483 e. The molecular weight excluding hydrogens is 431 g/mol. The zero-order valence-corrected chi connectivity index (χ0v) is 17.0. The number of hydrogen-bond acceptors (Lipinski definition) is 4. The molecule has 1 unspecified atom stereocenters. The van der Waals surface area contributed by atoms with Crippen molar-refractivity contribution < 1.29 is 22.9 Å². The van der Waals surface area contributed by atoms with E-state index in [0.717, 1.165) is 12.1 Å². The molecule has 0 bridgehead atoms. The zero-order chi connectivity index (χ0) is 21.7.